The number of hydrogen-bond donors (Lipinski definition) is 0. The molecule has 0 radical (unpaired) electrons. The van der Waals surface area contributed by atoms with Crippen molar-refractivity contribution >= 4 is 17.7 Å². The van der Waals surface area contributed by atoms with E-state index in [0.29, 0.717) is 0 Å². The number of nitrogens with zero attached hydrogens (tertiary/aromatic N) is 1. The third-order valence-corrected chi connectivity index (χ3v) is 5.78. The van der Waals surface area contributed by atoms with Crippen LogP contribution in [0.1, 0.15) is 0 Å². The fourth-order valence-corrected chi connectivity index (χ4v) is 3.03. The van der Waals surface area contributed by atoms with Crippen molar-refractivity contribution in [1.29, 1.82) is 0 Å². The Morgan fingerprint density at radius 1 is 1.30 bits per heavy atom. The van der Waals surface area contributed by atoms with Crippen molar-refractivity contribution in [3.05, 3.63) is 24.5 Å². The van der Waals surface area contributed by atoms with Crippen LogP contribution in [0.5, 0.6) is 0 Å². The summed E-state index contributed by atoms with van der Waals surface area (Å²) in [5, 5.41) is 0. The van der Waals surface area contributed by atoms with Crippen LogP contribution in [0, 0.1) is 0 Å². The van der Waals surface area contributed by atoms with Crippen LogP contribution in [0.25, 0.3) is 0 Å². The van der Waals surface area contributed by atoms with Gasteiger partial charge in [0.15, 0.2) is 0 Å². The fourth-order valence-electron chi connectivity index (χ4n) is 0.806. The molecule has 0 unspecified atom stereocenters. The normalized spacial score (nSPS) is 11.5. The Labute approximate surface area is 64.8 Å². The predicted octanol–water partition coefficient (Wildman–Crippen LogP) is 1.63. The minimum absolute atomic E-state index is 1.47. The van der Waals surface area contributed by atoms with Crippen molar-refractivity contribution in [2.45, 2.75) is 17.3 Å². The average Bonchev–Trinajstić information content (AvgIpc) is 1.88. The van der Waals surface area contributed by atoms with Gasteiger partial charge in [-0.3, -0.25) is 0 Å². The van der Waals surface area contributed by atoms with Gasteiger partial charge in [0.05, 0.1) is 0 Å². The maximum atomic E-state index is 4.10. The summed E-state index contributed by atoms with van der Waals surface area (Å²) in [7, 11) is 0. The fraction of sp³-hybridized carbons (Fsp3) is 0.375. The van der Waals surface area contributed by atoms with Crippen LogP contribution in [0.3, 0.4) is 0 Å². The van der Waals surface area contributed by atoms with Gasteiger partial charge in [-0.05, 0) is 0 Å². The van der Waals surface area contributed by atoms with E-state index in [9.17, 15) is 0 Å². The van der Waals surface area contributed by atoms with Crippen molar-refractivity contribution < 1.29 is 0 Å². The first-order valence-corrected chi connectivity index (χ1v) is 10.9. The van der Waals surface area contributed by atoms with Crippen LogP contribution >= 0.6 is 0 Å². The summed E-state index contributed by atoms with van der Waals surface area (Å²) >= 11 is -1.56. The minimum atomic E-state index is -1.56. The molecule has 1 rings (SSSR count). The van der Waals surface area contributed by atoms with Gasteiger partial charge < -0.3 is 0 Å². The SMILES string of the molecule is [CH3][Ge]([CH3])([CH3])[c]1cccnc1. The molecule has 0 amide bonds. The van der Waals surface area contributed by atoms with Crippen LogP contribution in [0.15, 0.2) is 24.5 Å². The van der Waals surface area contributed by atoms with Crippen LogP contribution in [0.2, 0.25) is 17.3 Å². The van der Waals surface area contributed by atoms with Gasteiger partial charge in [0.1, 0.15) is 0 Å². The molecular formula is C8H13GeN. The second-order valence-electron chi connectivity index (χ2n) is 3.49. The van der Waals surface area contributed by atoms with E-state index in [2.05, 4.69) is 28.3 Å². The molecule has 0 fully saturated rings. The summed E-state index contributed by atoms with van der Waals surface area (Å²) in [6.07, 6.45) is 3.83. The molecule has 10 heavy (non-hydrogen) atoms. The van der Waals surface area contributed by atoms with E-state index in [1.54, 1.807) is 0 Å². The van der Waals surface area contributed by atoms with E-state index in [0.717, 1.165) is 0 Å². The molecule has 1 aromatic heterocycles. The quantitative estimate of drug-likeness (QED) is 0.621. The summed E-state index contributed by atoms with van der Waals surface area (Å²) in [5.41, 5.74) is 0. The van der Waals surface area contributed by atoms with Gasteiger partial charge in [0, 0.05) is 0 Å². The number of rotatable bonds is 1. The van der Waals surface area contributed by atoms with Crippen molar-refractivity contribution in [2.24, 2.45) is 0 Å². The zero-order chi connectivity index (χ0) is 7.61. The number of pyridine rings is 1. The molecule has 0 spiro atoms. The predicted molar refractivity (Wildman–Crippen MR) is 47.2 cm³/mol. The first kappa shape index (κ1) is 7.80. The zero-order valence-electron chi connectivity index (χ0n) is 6.76. The van der Waals surface area contributed by atoms with Crippen LogP contribution in [-0.2, 0) is 0 Å². The Kier molecular flexibility index (Phi) is 2.14. The van der Waals surface area contributed by atoms with Gasteiger partial charge >= 0.3 is 64.4 Å². The summed E-state index contributed by atoms with van der Waals surface area (Å²) in [6.45, 7) is 0. The second kappa shape index (κ2) is 2.74. The summed E-state index contributed by atoms with van der Waals surface area (Å²) in [4.78, 5) is 4.10. The molecule has 2 heteroatoms. The molecule has 1 heterocycles. The third-order valence-electron chi connectivity index (χ3n) is 1.53. The first-order chi connectivity index (χ1) is 4.61. The Balaban J connectivity index is 2.97. The summed E-state index contributed by atoms with van der Waals surface area (Å²) in [6, 6.07) is 4.21. The summed E-state index contributed by atoms with van der Waals surface area (Å²) < 4.78 is 1.47. The van der Waals surface area contributed by atoms with Gasteiger partial charge in [-0.25, -0.2) is 0 Å². The molecule has 0 aliphatic rings. The molecule has 0 aliphatic heterocycles. The third kappa shape index (κ3) is 1.84. The van der Waals surface area contributed by atoms with Crippen LogP contribution in [-0.4, -0.2) is 18.3 Å². The molecule has 0 aliphatic carbocycles. The molecule has 1 aromatic rings. The van der Waals surface area contributed by atoms with Crippen LogP contribution < -0.4 is 4.40 Å². The molecule has 0 N–H and O–H groups in total. The Hall–Kier alpha value is -0.307. The van der Waals surface area contributed by atoms with Crippen molar-refractivity contribution in [3.63, 3.8) is 0 Å². The maximum absolute atomic E-state index is 4.10. The monoisotopic (exact) mass is 197 g/mol. The standard InChI is InChI=1S/C8H13GeN/c1-9(2,3)8-5-4-6-10-7-8/h4-7H,1-3H3. The first-order valence-electron chi connectivity index (χ1n) is 3.51. The van der Waals surface area contributed by atoms with Gasteiger partial charge in [-0.2, -0.15) is 0 Å². The Morgan fingerprint density at radius 2 is 2.00 bits per heavy atom. The van der Waals surface area contributed by atoms with Crippen molar-refractivity contribution in [1.82, 2.24) is 4.98 Å². The van der Waals surface area contributed by atoms with E-state index in [1.807, 2.05) is 18.5 Å². The molecule has 0 aromatic carbocycles. The molecule has 0 saturated carbocycles. The molecular weight excluding hydrogens is 183 g/mol. The van der Waals surface area contributed by atoms with Crippen molar-refractivity contribution in [3.8, 4) is 0 Å². The average molecular weight is 196 g/mol. The van der Waals surface area contributed by atoms with E-state index in [-0.39, 0.29) is 0 Å². The van der Waals surface area contributed by atoms with Gasteiger partial charge in [-0.15, -0.1) is 0 Å². The Bertz CT molecular complexity index is 200. The van der Waals surface area contributed by atoms with Crippen molar-refractivity contribution in [2.75, 3.05) is 0 Å². The Morgan fingerprint density at radius 3 is 2.30 bits per heavy atom. The molecule has 0 saturated heterocycles. The van der Waals surface area contributed by atoms with E-state index < -0.39 is 13.3 Å². The molecule has 0 atom stereocenters. The number of hydrogen-bond acceptors (Lipinski definition) is 1. The van der Waals surface area contributed by atoms with Gasteiger partial charge in [-0.1, -0.05) is 0 Å². The van der Waals surface area contributed by atoms with E-state index in [4.69, 9.17) is 0 Å². The van der Waals surface area contributed by atoms with Crippen LogP contribution in [0.4, 0.5) is 0 Å². The molecule has 54 valence electrons. The van der Waals surface area contributed by atoms with Gasteiger partial charge in [0.2, 0.25) is 0 Å². The van der Waals surface area contributed by atoms with E-state index in [1.165, 1.54) is 4.40 Å². The van der Waals surface area contributed by atoms with Gasteiger partial charge in [0.25, 0.3) is 0 Å². The summed E-state index contributed by atoms with van der Waals surface area (Å²) in [5.74, 6) is 7.12. The molecule has 1 nitrogen and oxygen atoms in total. The topological polar surface area (TPSA) is 12.9 Å². The zero-order valence-corrected chi connectivity index (χ0v) is 8.85. The molecule has 0 bridgehead atoms. The number of aromatic nitrogens is 1. The van der Waals surface area contributed by atoms with E-state index >= 15 is 0 Å². The second-order valence-corrected chi connectivity index (χ2v) is 14.1.